The number of aliphatic hydroxyl groups is 1. The van der Waals surface area contributed by atoms with Gasteiger partial charge in [-0.15, -0.1) is 0 Å². The van der Waals surface area contributed by atoms with Gasteiger partial charge in [0.2, 0.25) is 5.91 Å². The van der Waals surface area contributed by atoms with Gasteiger partial charge < -0.3 is 14.7 Å². The van der Waals surface area contributed by atoms with E-state index in [1.54, 1.807) is 17.0 Å². The summed E-state index contributed by atoms with van der Waals surface area (Å²) in [6.45, 7) is 3.11. The van der Waals surface area contributed by atoms with E-state index in [-0.39, 0.29) is 18.6 Å². The maximum Gasteiger partial charge on any atom is 0.226 e. The fourth-order valence-electron chi connectivity index (χ4n) is 2.55. The van der Waals surface area contributed by atoms with E-state index in [4.69, 9.17) is 16.3 Å². The average Bonchev–Trinajstić information content (AvgIpc) is 2.82. The van der Waals surface area contributed by atoms with E-state index in [0.717, 1.165) is 13.0 Å². The Hall–Kier alpha value is -1.26. The SMILES string of the molecule is CC1CCN(C(=O)CCOc2ccccc2Cl)C1CO. The lowest BCUT2D eigenvalue weighted by atomic mass is 10.0. The van der Waals surface area contributed by atoms with Gasteiger partial charge in [0.25, 0.3) is 0 Å². The number of aliphatic hydroxyl groups excluding tert-OH is 1. The third-order valence-corrected chi connectivity index (χ3v) is 4.11. The van der Waals surface area contributed by atoms with Crippen LogP contribution < -0.4 is 4.74 Å². The van der Waals surface area contributed by atoms with E-state index in [1.807, 2.05) is 12.1 Å². The van der Waals surface area contributed by atoms with Crippen molar-refractivity contribution in [2.75, 3.05) is 19.8 Å². The molecule has 1 aliphatic heterocycles. The highest BCUT2D eigenvalue weighted by Crippen LogP contribution is 2.25. The first-order chi connectivity index (χ1) is 9.63. The molecule has 20 heavy (non-hydrogen) atoms. The molecule has 2 unspecified atom stereocenters. The second kappa shape index (κ2) is 6.95. The minimum atomic E-state index is -0.0530. The van der Waals surface area contributed by atoms with Crippen LogP contribution in [0.15, 0.2) is 24.3 Å². The van der Waals surface area contributed by atoms with Gasteiger partial charge in [-0.05, 0) is 24.5 Å². The smallest absolute Gasteiger partial charge is 0.226 e. The number of amides is 1. The van der Waals surface area contributed by atoms with Crippen LogP contribution in [0.25, 0.3) is 0 Å². The minimum Gasteiger partial charge on any atom is -0.491 e. The lowest BCUT2D eigenvalue weighted by Crippen LogP contribution is -2.40. The number of ether oxygens (including phenoxy) is 1. The zero-order valence-electron chi connectivity index (χ0n) is 11.6. The van der Waals surface area contributed by atoms with Crippen LogP contribution in [0.1, 0.15) is 19.8 Å². The van der Waals surface area contributed by atoms with E-state index in [2.05, 4.69) is 6.92 Å². The van der Waals surface area contributed by atoms with Crippen molar-refractivity contribution in [3.63, 3.8) is 0 Å². The van der Waals surface area contributed by atoms with E-state index in [0.29, 0.717) is 29.7 Å². The number of rotatable bonds is 5. The standard InChI is InChI=1S/C15H20ClNO3/c1-11-6-8-17(13(11)10-18)15(19)7-9-20-14-5-3-2-4-12(14)16/h2-5,11,13,18H,6-10H2,1H3. The fraction of sp³-hybridized carbons (Fsp3) is 0.533. The molecule has 1 heterocycles. The molecule has 0 aromatic heterocycles. The molecule has 1 amide bonds. The summed E-state index contributed by atoms with van der Waals surface area (Å²) in [7, 11) is 0. The Kier molecular flexibility index (Phi) is 5.26. The molecule has 110 valence electrons. The highest BCUT2D eigenvalue weighted by Gasteiger charge is 2.33. The predicted octanol–water partition coefficient (Wildman–Crippen LogP) is 2.34. The first kappa shape index (κ1) is 15.1. The number of hydrogen-bond acceptors (Lipinski definition) is 3. The van der Waals surface area contributed by atoms with Gasteiger partial charge in [-0.3, -0.25) is 4.79 Å². The third kappa shape index (κ3) is 3.44. The molecular formula is C15H20ClNO3. The van der Waals surface area contributed by atoms with Crippen molar-refractivity contribution in [3.05, 3.63) is 29.3 Å². The third-order valence-electron chi connectivity index (χ3n) is 3.80. The van der Waals surface area contributed by atoms with Gasteiger partial charge in [-0.25, -0.2) is 0 Å². The number of para-hydroxylation sites is 1. The molecule has 1 aromatic carbocycles. The number of hydrogen-bond donors (Lipinski definition) is 1. The van der Waals surface area contributed by atoms with Crippen molar-refractivity contribution < 1.29 is 14.6 Å². The zero-order valence-corrected chi connectivity index (χ0v) is 12.3. The average molecular weight is 298 g/mol. The molecule has 5 heteroatoms. The molecule has 2 atom stereocenters. The van der Waals surface area contributed by atoms with Crippen LogP contribution in [0.2, 0.25) is 5.02 Å². The monoisotopic (exact) mass is 297 g/mol. The first-order valence-corrected chi connectivity index (χ1v) is 7.29. The maximum absolute atomic E-state index is 12.1. The molecule has 1 aliphatic rings. The number of carbonyl (C=O) groups is 1. The lowest BCUT2D eigenvalue weighted by molar-refractivity contribution is -0.133. The highest BCUT2D eigenvalue weighted by molar-refractivity contribution is 6.32. The molecule has 0 radical (unpaired) electrons. The van der Waals surface area contributed by atoms with E-state index in [1.165, 1.54) is 0 Å². The molecule has 1 aromatic rings. The van der Waals surface area contributed by atoms with Gasteiger partial charge in [0, 0.05) is 6.54 Å². The second-order valence-corrected chi connectivity index (χ2v) is 5.54. The van der Waals surface area contributed by atoms with Gasteiger partial charge in [0.1, 0.15) is 5.75 Å². The zero-order chi connectivity index (χ0) is 14.5. The van der Waals surface area contributed by atoms with Crippen LogP contribution in [-0.4, -0.2) is 41.7 Å². The normalized spacial score (nSPS) is 22.1. The first-order valence-electron chi connectivity index (χ1n) is 6.91. The number of benzene rings is 1. The Morgan fingerprint density at radius 2 is 2.25 bits per heavy atom. The number of nitrogens with zero attached hydrogens (tertiary/aromatic N) is 1. The molecular weight excluding hydrogens is 278 g/mol. The fourth-order valence-corrected chi connectivity index (χ4v) is 2.74. The summed E-state index contributed by atoms with van der Waals surface area (Å²) in [5, 5.41) is 9.90. The Morgan fingerprint density at radius 1 is 1.50 bits per heavy atom. The Bertz CT molecular complexity index is 466. The minimum absolute atomic E-state index is 0.0261. The lowest BCUT2D eigenvalue weighted by Gasteiger charge is -2.25. The largest absolute Gasteiger partial charge is 0.491 e. The Balaban J connectivity index is 1.82. The summed E-state index contributed by atoms with van der Waals surface area (Å²) in [4.78, 5) is 13.9. The molecule has 2 rings (SSSR count). The van der Waals surface area contributed by atoms with Crippen molar-refractivity contribution in [2.24, 2.45) is 5.92 Å². The van der Waals surface area contributed by atoms with E-state index < -0.39 is 0 Å². The van der Waals surface area contributed by atoms with Gasteiger partial charge in [0.15, 0.2) is 0 Å². The summed E-state index contributed by atoms with van der Waals surface area (Å²) in [5.74, 6) is 0.976. The molecule has 4 nitrogen and oxygen atoms in total. The summed E-state index contributed by atoms with van der Waals surface area (Å²) in [6, 6.07) is 7.15. The highest BCUT2D eigenvalue weighted by atomic mass is 35.5. The Morgan fingerprint density at radius 3 is 2.95 bits per heavy atom. The van der Waals surface area contributed by atoms with Crippen molar-refractivity contribution >= 4 is 17.5 Å². The predicted molar refractivity (Wildman–Crippen MR) is 77.9 cm³/mol. The number of carbonyl (C=O) groups excluding carboxylic acids is 1. The Labute approximate surface area is 124 Å². The van der Waals surface area contributed by atoms with E-state index >= 15 is 0 Å². The van der Waals surface area contributed by atoms with Crippen LogP contribution in [0.3, 0.4) is 0 Å². The summed E-state index contributed by atoms with van der Waals surface area (Å²) >= 11 is 5.98. The number of halogens is 1. The number of likely N-dealkylation sites (tertiary alicyclic amines) is 1. The molecule has 0 bridgehead atoms. The van der Waals surface area contributed by atoms with Gasteiger partial charge in [0.05, 0.1) is 30.7 Å². The molecule has 0 spiro atoms. The van der Waals surface area contributed by atoms with E-state index in [9.17, 15) is 9.90 Å². The second-order valence-electron chi connectivity index (χ2n) is 5.13. The summed E-state index contributed by atoms with van der Waals surface area (Å²) in [5.41, 5.74) is 0. The van der Waals surface area contributed by atoms with Crippen LogP contribution in [0.5, 0.6) is 5.75 Å². The molecule has 1 N–H and O–H groups in total. The van der Waals surface area contributed by atoms with Crippen molar-refractivity contribution in [3.8, 4) is 5.75 Å². The molecule has 0 saturated carbocycles. The molecule has 1 fully saturated rings. The van der Waals surface area contributed by atoms with Crippen molar-refractivity contribution in [2.45, 2.75) is 25.8 Å². The summed E-state index contributed by atoms with van der Waals surface area (Å²) < 4.78 is 5.52. The van der Waals surface area contributed by atoms with Gasteiger partial charge >= 0.3 is 0 Å². The van der Waals surface area contributed by atoms with Crippen molar-refractivity contribution in [1.82, 2.24) is 4.90 Å². The van der Waals surface area contributed by atoms with Gasteiger partial charge in [-0.1, -0.05) is 30.7 Å². The van der Waals surface area contributed by atoms with Crippen LogP contribution in [0, 0.1) is 5.92 Å². The summed E-state index contributed by atoms with van der Waals surface area (Å²) in [6.07, 6.45) is 1.25. The molecule has 0 aliphatic carbocycles. The van der Waals surface area contributed by atoms with Crippen LogP contribution in [-0.2, 0) is 4.79 Å². The van der Waals surface area contributed by atoms with Crippen LogP contribution in [0.4, 0.5) is 0 Å². The topological polar surface area (TPSA) is 49.8 Å². The van der Waals surface area contributed by atoms with Crippen LogP contribution >= 0.6 is 11.6 Å². The maximum atomic E-state index is 12.1. The molecule has 1 saturated heterocycles. The quantitative estimate of drug-likeness (QED) is 0.907. The van der Waals surface area contributed by atoms with Gasteiger partial charge in [-0.2, -0.15) is 0 Å². The van der Waals surface area contributed by atoms with Crippen molar-refractivity contribution in [1.29, 1.82) is 0 Å².